The molecular weight excluding hydrogens is 468 g/mol. The molecule has 13 heteroatoms. The van der Waals surface area contributed by atoms with Crippen LogP contribution >= 0.6 is 23.2 Å². The first kappa shape index (κ1) is 27.2. The van der Waals surface area contributed by atoms with Crippen molar-refractivity contribution < 1.29 is 43.2 Å². The molecule has 0 bridgehead atoms. The van der Waals surface area contributed by atoms with Crippen LogP contribution in [-0.4, -0.2) is 68.7 Å². The lowest BCUT2D eigenvalue weighted by Crippen LogP contribution is -2.52. The number of alkyl halides is 3. The predicted octanol–water partition coefficient (Wildman–Crippen LogP) is 2.31. The molecule has 0 saturated carbocycles. The van der Waals surface area contributed by atoms with Crippen molar-refractivity contribution in [2.24, 2.45) is 11.7 Å². The first-order valence-electron chi connectivity index (χ1n) is 8.98. The minimum atomic E-state index is -5.08. The average Bonchev–Trinajstić information content (AvgIpc) is 2.69. The normalized spacial score (nSPS) is 17.9. The molecule has 176 valence electrons. The second-order valence-corrected chi connectivity index (χ2v) is 8.03. The minimum absolute atomic E-state index is 0.00128. The van der Waals surface area contributed by atoms with Gasteiger partial charge in [0.2, 0.25) is 0 Å². The third-order valence-electron chi connectivity index (χ3n) is 4.77. The van der Waals surface area contributed by atoms with Gasteiger partial charge in [-0.2, -0.15) is 13.2 Å². The molecule has 8 nitrogen and oxygen atoms in total. The summed E-state index contributed by atoms with van der Waals surface area (Å²) in [5.74, 6) is -3.20. The van der Waals surface area contributed by atoms with Gasteiger partial charge < -0.3 is 31.1 Å². The van der Waals surface area contributed by atoms with Crippen molar-refractivity contribution in [3.8, 4) is 5.75 Å². The number of rotatable bonds is 4. The van der Waals surface area contributed by atoms with E-state index < -0.39 is 36.3 Å². The Hall–Kier alpha value is -1.79. The van der Waals surface area contributed by atoms with Crippen LogP contribution in [0.3, 0.4) is 0 Å². The molecule has 1 unspecified atom stereocenters. The molecule has 6 N–H and O–H groups in total. The van der Waals surface area contributed by atoms with E-state index in [2.05, 4.69) is 0 Å². The number of aliphatic hydroxyl groups is 2. The van der Waals surface area contributed by atoms with Gasteiger partial charge in [0, 0.05) is 30.8 Å². The number of hydrogen-bond acceptors (Lipinski definition) is 6. The number of carboxylic acid groups (broad SMARTS) is 1. The Balaban J connectivity index is 0.000000592. The summed E-state index contributed by atoms with van der Waals surface area (Å²) >= 11 is 11.9. The van der Waals surface area contributed by atoms with Gasteiger partial charge in [-0.3, -0.25) is 4.79 Å². The number of hydrogen-bond donors (Lipinski definition) is 5. The summed E-state index contributed by atoms with van der Waals surface area (Å²) in [6.07, 6.45) is -3.85. The maximum Gasteiger partial charge on any atom is 0.490 e. The van der Waals surface area contributed by atoms with Gasteiger partial charge in [-0.05, 0) is 31.7 Å². The lowest BCUT2D eigenvalue weighted by atomic mass is 9.85. The van der Waals surface area contributed by atoms with Crippen molar-refractivity contribution >= 4 is 35.1 Å². The molecule has 2 atom stereocenters. The standard InChI is InChI=1S/C16H22Cl2N2O4.C2HF3O2/c1-16(24,8-21)15(23)20-4-2-9(3-5-20)14(19)10-6-11(17)12(18)7-13(10)22;3-2(4,5)1(6)7/h6-7,9,14,21-22,24H,2-5,8,19H2,1H3;(H,6,7)/t14-,16?;/m1./s1. The molecule has 1 saturated heterocycles. The maximum atomic E-state index is 12.1. The second kappa shape index (κ2) is 10.7. The number of nitrogens with two attached hydrogens (primary N) is 1. The van der Waals surface area contributed by atoms with E-state index >= 15 is 0 Å². The Morgan fingerprint density at radius 3 is 2.10 bits per heavy atom. The lowest BCUT2D eigenvalue weighted by Gasteiger charge is -2.37. The van der Waals surface area contributed by atoms with Crippen LogP contribution in [0.5, 0.6) is 5.75 Å². The fraction of sp³-hybridized carbons (Fsp3) is 0.556. The fourth-order valence-electron chi connectivity index (χ4n) is 2.94. The van der Waals surface area contributed by atoms with Crippen LogP contribution in [-0.2, 0) is 9.59 Å². The number of phenolic OH excluding ortho intramolecular Hbond substituents is 1. The number of aromatic hydroxyl groups is 1. The number of carboxylic acids is 1. The number of carbonyl (C=O) groups excluding carboxylic acids is 1. The first-order chi connectivity index (χ1) is 14.1. The molecule has 0 spiro atoms. The van der Waals surface area contributed by atoms with E-state index in [-0.39, 0.29) is 16.7 Å². The molecule has 1 amide bonds. The van der Waals surface area contributed by atoms with Crippen molar-refractivity contribution in [3.05, 3.63) is 27.7 Å². The summed E-state index contributed by atoms with van der Waals surface area (Å²) in [5, 5.41) is 36.7. The molecule has 31 heavy (non-hydrogen) atoms. The zero-order valence-corrected chi connectivity index (χ0v) is 17.9. The van der Waals surface area contributed by atoms with E-state index in [0.717, 1.165) is 0 Å². The highest BCUT2D eigenvalue weighted by molar-refractivity contribution is 6.42. The van der Waals surface area contributed by atoms with Gasteiger partial charge in [0.1, 0.15) is 5.75 Å². The quantitative estimate of drug-likeness (QED) is 0.435. The summed E-state index contributed by atoms with van der Waals surface area (Å²) in [5.41, 5.74) is 5.03. The molecule has 0 aromatic heterocycles. The fourth-order valence-corrected chi connectivity index (χ4v) is 3.27. The summed E-state index contributed by atoms with van der Waals surface area (Å²) in [7, 11) is 0. The minimum Gasteiger partial charge on any atom is -0.508 e. The molecule has 1 aliphatic heterocycles. The van der Waals surface area contributed by atoms with E-state index in [0.29, 0.717) is 36.5 Å². The SMILES string of the molecule is CC(O)(CO)C(=O)N1CCC([C@@H](N)c2cc(Cl)c(Cl)cc2O)CC1.O=C(O)C(F)(F)F. The van der Waals surface area contributed by atoms with Gasteiger partial charge in [0.15, 0.2) is 5.60 Å². The van der Waals surface area contributed by atoms with Gasteiger partial charge >= 0.3 is 12.1 Å². The molecule has 0 aliphatic carbocycles. The number of nitrogens with zero attached hydrogens (tertiary/aromatic N) is 1. The number of benzene rings is 1. The summed E-state index contributed by atoms with van der Waals surface area (Å²) in [6, 6.07) is 2.50. The number of phenols is 1. The van der Waals surface area contributed by atoms with E-state index in [1.54, 1.807) is 6.07 Å². The molecular formula is C18H23Cl2F3N2O6. The van der Waals surface area contributed by atoms with Crippen molar-refractivity contribution in [2.45, 2.75) is 37.6 Å². The van der Waals surface area contributed by atoms with Crippen LogP contribution in [0.25, 0.3) is 0 Å². The third kappa shape index (κ3) is 7.39. The topological polar surface area (TPSA) is 144 Å². The molecule has 1 heterocycles. The molecule has 1 aliphatic rings. The highest BCUT2D eigenvalue weighted by Crippen LogP contribution is 2.37. The van der Waals surface area contributed by atoms with E-state index in [1.165, 1.54) is 17.9 Å². The van der Waals surface area contributed by atoms with Gasteiger partial charge in [-0.1, -0.05) is 23.2 Å². The molecule has 2 rings (SSSR count). The number of halogens is 5. The molecule has 1 fully saturated rings. The van der Waals surface area contributed by atoms with Crippen LogP contribution in [0, 0.1) is 5.92 Å². The van der Waals surface area contributed by atoms with Gasteiger partial charge in [0.25, 0.3) is 5.91 Å². The van der Waals surface area contributed by atoms with Crippen LogP contribution in [0.2, 0.25) is 10.0 Å². The van der Waals surface area contributed by atoms with Crippen LogP contribution < -0.4 is 5.73 Å². The Morgan fingerprint density at radius 2 is 1.68 bits per heavy atom. The molecule has 0 radical (unpaired) electrons. The van der Waals surface area contributed by atoms with Crippen LogP contribution in [0.4, 0.5) is 13.2 Å². The molecule has 1 aromatic rings. The van der Waals surface area contributed by atoms with Crippen LogP contribution in [0.1, 0.15) is 31.4 Å². The van der Waals surface area contributed by atoms with E-state index in [4.69, 9.17) is 43.9 Å². The summed E-state index contributed by atoms with van der Waals surface area (Å²) in [6.45, 7) is 1.52. The van der Waals surface area contributed by atoms with Gasteiger partial charge in [0.05, 0.1) is 16.7 Å². The average molecular weight is 491 g/mol. The lowest BCUT2D eigenvalue weighted by molar-refractivity contribution is -0.192. The van der Waals surface area contributed by atoms with Crippen molar-refractivity contribution in [1.29, 1.82) is 0 Å². The van der Waals surface area contributed by atoms with Gasteiger partial charge in [-0.25, -0.2) is 4.79 Å². The van der Waals surface area contributed by atoms with Crippen LogP contribution in [0.15, 0.2) is 12.1 Å². The zero-order chi connectivity index (χ0) is 24.1. The zero-order valence-electron chi connectivity index (χ0n) is 16.4. The number of aliphatic carboxylic acids is 1. The van der Waals surface area contributed by atoms with E-state index in [9.17, 15) is 28.2 Å². The van der Waals surface area contributed by atoms with Crippen molar-refractivity contribution in [3.63, 3.8) is 0 Å². The third-order valence-corrected chi connectivity index (χ3v) is 5.50. The Morgan fingerprint density at radius 1 is 1.23 bits per heavy atom. The smallest absolute Gasteiger partial charge is 0.490 e. The molecule has 1 aromatic carbocycles. The second-order valence-electron chi connectivity index (χ2n) is 7.22. The first-order valence-corrected chi connectivity index (χ1v) is 9.73. The summed E-state index contributed by atoms with van der Waals surface area (Å²) in [4.78, 5) is 22.6. The Labute approximate surface area is 186 Å². The Bertz CT molecular complexity index is 799. The van der Waals surface area contributed by atoms with E-state index in [1.807, 2.05) is 0 Å². The predicted molar refractivity (Wildman–Crippen MR) is 106 cm³/mol. The van der Waals surface area contributed by atoms with Crippen molar-refractivity contribution in [2.75, 3.05) is 19.7 Å². The number of aliphatic hydroxyl groups excluding tert-OH is 1. The largest absolute Gasteiger partial charge is 0.508 e. The number of carbonyl (C=O) groups is 2. The number of amides is 1. The Kier molecular flexibility index (Phi) is 9.39. The van der Waals surface area contributed by atoms with Gasteiger partial charge in [-0.15, -0.1) is 0 Å². The summed E-state index contributed by atoms with van der Waals surface area (Å²) < 4.78 is 31.7. The number of piperidine rings is 1. The highest BCUT2D eigenvalue weighted by Gasteiger charge is 2.38. The van der Waals surface area contributed by atoms with Crippen molar-refractivity contribution in [1.82, 2.24) is 4.90 Å². The monoisotopic (exact) mass is 490 g/mol. The highest BCUT2D eigenvalue weighted by atomic mass is 35.5. The number of likely N-dealkylation sites (tertiary alicyclic amines) is 1. The maximum absolute atomic E-state index is 12.1.